The van der Waals surface area contributed by atoms with E-state index in [-0.39, 0.29) is 24.8 Å². The summed E-state index contributed by atoms with van der Waals surface area (Å²) in [5.41, 5.74) is 3.62. The minimum Gasteiger partial charge on any atom is -0.394 e. The van der Waals surface area contributed by atoms with Gasteiger partial charge in [0.25, 0.3) is 5.56 Å². The molecule has 0 aliphatic heterocycles. The van der Waals surface area contributed by atoms with Crippen molar-refractivity contribution in [2.24, 2.45) is 7.05 Å². The zero-order valence-electron chi connectivity index (χ0n) is 20.5. The fourth-order valence-electron chi connectivity index (χ4n) is 4.62. The Kier molecular flexibility index (Phi) is 6.23. The van der Waals surface area contributed by atoms with Crippen LogP contribution in [0.4, 0.5) is 5.69 Å². The van der Waals surface area contributed by atoms with Gasteiger partial charge in [-0.1, -0.05) is 29.3 Å². The van der Waals surface area contributed by atoms with Crippen LogP contribution in [0.25, 0.3) is 33.3 Å². The highest BCUT2D eigenvalue weighted by Gasteiger charge is 2.24. The molecule has 1 atom stereocenters. The quantitative estimate of drug-likeness (QED) is 0.323. The Labute approximate surface area is 212 Å². The number of nitrogens with one attached hydrogen (secondary N) is 1. The second-order valence-corrected chi connectivity index (χ2v) is 9.15. The molecule has 0 saturated heterocycles. The first kappa shape index (κ1) is 24.0. The van der Waals surface area contributed by atoms with Crippen molar-refractivity contribution in [1.82, 2.24) is 34.1 Å². The minimum atomic E-state index is -0.287. The third-order valence-corrected chi connectivity index (χ3v) is 6.42. The summed E-state index contributed by atoms with van der Waals surface area (Å²) >= 11 is 6.20. The third kappa shape index (κ3) is 4.02. The zero-order valence-corrected chi connectivity index (χ0v) is 21.3. The van der Waals surface area contributed by atoms with Gasteiger partial charge in [0.1, 0.15) is 22.8 Å². The number of nitrogens with zero attached hydrogens (tertiary/aromatic N) is 7. The lowest BCUT2D eigenvalue weighted by Crippen LogP contribution is -2.22. The molecule has 0 radical (unpaired) electrons. The van der Waals surface area contributed by atoms with Crippen molar-refractivity contribution in [3.05, 3.63) is 63.4 Å². The Morgan fingerprint density at radius 3 is 2.67 bits per heavy atom. The smallest absolute Gasteiger partial charge is 0.260 e. The van der Waals surface area contributed by atoms with Crippen molar-refractivity contribution in [3.8, 4) is 11.5 Å². The first-order chi connectivity index (χ1) is 17.3. The molecule has 186 valence electrons. The average Bonchev–Trinajstić information content (AvgIpc) is 3.45. The van der Waals surface area contributed by atoms with E-state index in [0.717, 1.165) is 22.0 Å². The number of rotatable bonds is 7. The Bertz CT molecular complexity index is 1650. The van der Waals surface area contributed by atoms with E-state index in [9.17, 15) is 9.90 Å². The summed E-state index contributed by atoms with van der Waals surface area (Å²) in [6.07, 6.45) is 1.60. The molecule has 0 aliphatic carbocycles. The number of halogens is 1. The van der Waals surface area contributed by atoms with Crippen molar-refractivity contribution in [2.75, 3.05) is 11.9 Å². The first-order valence-corrected chi connectivity index (χ1v) is 12.1. The lowest BCUT2D eigenvalue weighted by molar-refractivity contribution is 0.270. The SMILES string of the molecule is CCn1c(=O)c2cc(C)ccc2c2c(C(C)Nc3ccc(Cl)nc3-c3ncn(C)n3)nn(CCO)c21. The average molecular weight is 507 g/mol. The maximum Gasteiger partial charge on any atom is 0.260 e. The molecule has 11 heteroatoms. The highest BCUT2D eigenvalue weighted by molar-refractivity contribution is 6.29. The molecule has 5 aromatic rings. The normalized spacial score (nSPS) is 12.5. The topological polar surface area (TPSA) is 116 Å². The number of anilines is 1. The van der Waals surface area contributed by atoms with Gasteiger partial charge < -0.3 is 10.4 Å². The Morgan fingerprint density at radius 1 is 1.17 bits per heavy atom. The number of hydrogen-bond donors (Lipinski definition) is 2. The fraction of sp³-hybridized carbons (Fsp3) is 0.320. The van der Waals surface area contributed by atoms with Gasteiger partial charge in [0.05, 0.1) is 36.0 Å². The maximum atomic E-state index is 13.4. The van der Waals surface area contributed by atoms with Crippen LogP contribution in [-0.4, -0.2) is 45.8 Å². The Hall–Kier alpha value is -3.76. The summed E-state index contributed by atoms with van der Waals surface area (Å²) < 4.78 is 5.05. The second-order valence-electron chi connectivity index (χ2n) is 8.77. The highest BCUT2D eigenvalue weighted by Crippen LogP contribution is 2.34. The molecular formula is C25H27ClN8O2. The summed E-state index contributed by atoms with van der Waals surface area (Å²) in [7, 11) is 1.79. The van der Waals surface area contributed by atoms with E-state index in [2.05, 4.69) is 20.4 Å². The molecule has 0 fully saturated rings. The van der Waals surface area contributed by atoms with Crippen LogP contribution in [0.15, 0.2) is 41.5 Å². The molecule has 2 N–H and O–H groups in total. The summed E-state index contributed by atoms with van der Waals surface area (Å²) in [6, 6.07) is 9.15. The molecular weight excluding hydrogens is 480 g/mol. The summed E-state index contributed by atoms with van der Waals surface area (Å²) in [5.74, 6) is 0.450. The zero-order chi connectivity index (χ0) is 25.6. The van der Waals surface area contributed by atoms with Crippen LogP contribution in [0.5, 0.6) is 0 Å². The van der Waals surface area contributed by atoms with E-state index in [1.54, 1.807) is 33.4 Å². The van der Waals surface area contributed by atoms with Crippen LogP contribution in [0.1, 0.15) is 31.1 Å². The van der Waals surface area contributed by atoms with Crippen molar-refractivity contribution < 1.29 is 5.11 Å². The summed E-state index contributed by atoms with van der Waals surface area (Å²) in [6.45, 7) is 6.56. The van der Waals surface area contributed by atoms with E-state index in [1.807, 2.05) is 45.0 Å². The van der Waals surface area contributed by atoms with Gasteiger partial charge in [0.15, 0.2) is 0 Å². The van der Waals surface area contributed by atoms with Crippen LogP contribution in [0.3, 0.4) is 0 Å². The molecule has 1 unspecified atom stereocenters. The van der Waals surface area contributed by atoms with Crippen LogP contribution in [-0.2, 0) is 20.1 Å². The molecule has 0 spiro atoms. The van der Waals surface area contributed by atoms with Gasteiger partial charge in [-0.3, -0.25) is 14.0 Å². The van der Waals surface area contributed by atoms with E-state index in [4.69, 9.17) is 16.7 Å². The maximum absolute atomic E-state index is 13.4. The van der Waals surface area contributed by atoms with Gasteiger partial charge in [-0.25, -0.2) is 14.6 Å². The van der Waals surface area contributed by atoms with Gasteiger partial charge in [0, 0.05) is 24.4 Å². The van der Waals surface area contributed by atoms with E-state index < -0.39 is 0 Å². The molecule has 0 bridgehead atoms. The Morgan fingerprint density at radius 2 is 1.97 bits per heavy atom. The Balaban J connectivity index is 1.71. The second kappa shape index (κ2) is 9.36. The fourth-order valence-corrected chi connectivity index (χ4v) is 4.76. The number of aliphatic hydroxyl groups excluding tert-OH is 1. The molecule has 36 heavy (non-hydrogen) atoms. The van der Waals surface area contributed by atoms with Crippen LogP contribution < -0.4 is 10.9 Å². The van der Waals surface area contributed by atoms with E-state index >= 15 is 0 Å². The van der Waals surface area contributed by atoms with Crippen LogP contribution >= 0.6 is 11.6 Å². The lowest BCUT2D eigenvalue weighted by Gasteiger charge is -2.16. The van der Waals surface area contributed by atoms with Gasteiger partial charge in [-0.15, -0.1) is 5.10 Å². The molecule has 0 amide bonds. The monoisotopic (exact) mass is 506 g/mol. The number of pyridine rings is 2. The number of benzene rings is 1. The van der Waals surface area contributed by atoms with Crippen LogP contribution in [0, 0.1) is 6.92 Å². The van der Waals surface area contributed by atoms with Crippen molar-refractivity contribution in [3.63, 3.8) is 0 Å². The molecule has 4 heterocycles. The molecule has 0 saturated carbocycles. The number of hydrogen-bond acceptors (Lipinski definition) is 7. The van der Waals surface area contributed by atoms with Crippen molar-refractivity contribution in [1.29, 1.82) is 0 Å². The largest absolute Gasteiger partial charge is 0.394 e. The van der Waals surface area contributed by atoms with Gasteiger partial charge in [-0.05, 0) is 39.0 Å². The first-order valence-electron chi connectivity index (χ1n) is 11.8. The van der Waals surface area contributed by atoms with Gasteiger partial charge in [0.2, 0.25) is 5.82 Å². The number of aliphatic hydroxyl groups is 1. The van der Waals surface area contributed by atoms with Gasteiger partial charge in [-0.2, -0.15) is 5.10 Å². The predicted octanol–water partition coefficient (Wildman–Crippen LogP) is 3.69. The van der Waals surface area contributed by atoms with Crippen molar-refractivity contribution in [2.45, 2.75) is 39.9 Å². The minimum absolute atomic E-state index is 0.0691. The van der Waals surface area contributed by atoms with Crippen molar-refractivity contribution >= 4 is 39.1 Å². The summed E-state index contributed by atoms with van der Waals surface area (Å²) in [4.78, 5) is 22.2. The van der Waals surface area contributed by atoms with Crippen LogP contribution in [0.2, 0.25) is 5.15 Å². The van der Waals surface area contributed by atoms with E-state index in [1.165, 1.54) is 0 Å². The van der Waals surface area contributed by atoms with E-state index in [0.29, 0.717) is 39.9 Å². The number of aromatic nitrogens is 7. The number of aryl methyl sites for hydroxylation is 3. The highest BCUT2D eigenvalue weighted by atomic mass is 35.5. The molecule has 1 aromatic carbocycles. The summed E-state index contributed by atoms with van der Waals surface area (Å²) in [5, 5.41) is 25.2. The standard InChI is InChI=1S/C25H27ClN8O2/c1-5-33-24-20(16-7-6-14(2)12-17(16)25(33)36)21(30-34(24)10-11-35)15(3)28-18-8-9-19(26)29-22(18)23-27-13-32(4)31-23/h6-9,12-13,15,28,35H,5,10-11H2,1-4H3. The molecule has 10 nitrogen and oxygen atoms in total. The van der Waals surface area contributed by atoms with Gasteiger partial charge >= 0.3 is 0 Å². The third-order valence-electron chi connectivity index (χ3n) is 6.21. The lowest BCUT2D eigenvalue weighted by atomic mass is 10.0. The number of fused-ring (bicyclic) bond motifs is 3. The molecule has 5 rings (SSSR count). The molecule has 0 aliphatic rings. The predicted molar refractivity (Wildman–Crippen MR) is 140 cm³/mol. The molecule has 4 aromatic heterocycles.